The van der Waals surface area contributed by atoms with Gasteiger partial charge in [-0.2, -0.15) is 0 Å². The molecule has 1 aliphatic rings. The quantitative estimate of drug-likeness (QED) is 0.780. The zero-order valence-corrected chi connectivity index (χ0v) is 16.6. The van der Waals surface area contributed by atoms with E-state index in [0.717, 1.165) is 17.5 Å². The fourth-order valence-electron chi connectivity index (χ4n) is 3.67. The maximum Gasteiger partial charge on any atom is 0.325 e. The first-order valence-electron chi connectivity index (χ1n) is 9.57. The minimum absolute atomic E-state index is 0.0724. The molecule has 1 saturated heterocycles. The van der Waals surface area contributed by atoms with E-state index >= 15 is 0 Å². The summed E-state index contributed by atoms with van der Waals surface area (Å²) in [6.45, 7) is 8.81. The second-order valence-electron chi connectivity index (χ2n) is 8.29. The van der Waals surface area contributed by atoms with Gasteiger partial charge in [0.1, 0.15) is 5.54 Å². The Balaban J connectivity index is 1.87. The lowest BCUT2D eigenvalue weighted by atomic mass is 9.85. The highest BCUT2D eigenvalue weighted by Crippen LogP contribution is 2.34. The minimum Gasteiger partial charge on any atom is -0.319 e. The van der Waals surface area contributed by atoms with E-state index in [2.05, 4.69) is 38.2 Å². The lowest BCUT2D eigenvalue weighted by molar-refractivity contribution is -0.132. The van der Waals surface area contributed by atoms with E-state index < -0.39 is 5.54 Å². The summed E-state index contributed by atoms with van der Waals surface area (Å²) >= 11 is 0. The Bertz CT molecular complexity index is 822. The monoisotopic (exact) mass is 364 g/mol. The standard InChI is InChI=1S/C23H28N2O2/c1-5-15-23(19-9-7-6-8-10-19)20(26)25(21(27)24-23)16-17-11-13-18(14-12-17)22(2,3)4/h6-14H,5,15-16H2,1-4H3,(H,24,27)/t23-/m0/s1. The van der Waals surface area contributed by atoms with Crippen molar-refractivity contribution in [3.63, 3.8) is 0 Å². The topological polar surface area (TPSA) is 49.4 Å². The summed E-state index contributed by atoms with van der Waals surface area (Å²) in [4.78, 5) is 27.3. The number of hydrogen-bond acceptors (Lipinski definition) is 2. The summed E-state index contributed by atoms with van der Waals surface area (Å²) in [5, 5.41) is 2.98. The van der Waals surface area contributed by atoms with Crippen molar-refractivity contribution in [3.8, 4) is 0 Å². The number of carbonyl (C=O) groups is 2. The molecule has 1 N–H and O–H groups in total. The number of imide groups is 1. The molecule has 1 atom stereocenters. The fraction of sp³-hybridized carbons (Fsp3) is 0.391. The van der Waals surface area contributed by atoms with Crippen molar-refractivity contribution in [2.24, 2.45) is 0 Å². The number of rotatable bonds is 5. The molecule has 0 aromatic heterocycles. The van der Waals surface area contributed by atoms with Crippen molar-refractivity contribution in [2.75, 3.05) is 0 Å². The predicted octanol–water partition coefficient (Wildman–Crippen LogP) is 4.73. The molecule has 142 valence electrons. The second-order valence-corrected chi connectivity index (χ2v) is 8.29. The van der Waals surface area contributed by atoms with Crippen LogP contribution >= 0.6 is 0 Å². The molecular formula is C23H28N2O2. The van der Waals surface area contributed by atoms with E-state index in [1.54, 1.807) is 0 Å². The molecule has 4 heteroatoms. The molecule has 1 heterocycles. The third-order valence-corrected chi connectivity index (χ3v) is 5.23. The maximum atomic E-state index is 13.3. The summed E-state index contributed by atoms with van der Waals surface area (Å²) in [5.74, 6) is -0.166. The maximum absolute atomic E-state index is 13.3. The van der Waals surface area contributed by atoms with Gasteiger partial charge in [-0.15, -0.1) is 0 Å². The second kappa shape index (κ2) is 7.18. The van der Waals surface area contributed by atoms with Crippen molar-refractivity contribution < 1.29 is 9.59 Å². The van der Waals surface area contributed by atoms with Crippen LogP contribution < -0.4 is 5.32 Å². The Morgan fingerprint density at radius 1 is 0.963 bits per heavy atom. The van der Waals surface area contributed by atoms with Gasteiger partial charge in [-0.1, -0.05) is 88.7 Å². The van der Waals surface area contributed by atoms with Gasteiger partial charge in [-0.3, -0.25) is 9.69 Å². The molecule has 2 aromatic carbocycles. The summed E-state index contributed by atoms with van der Waals surface area (Å²) in [6.07, 6.45) is 1.39. The average molecular weight is 364 g/mol. The highest BCUT2D eigenvalue weighted by molar-refractivity contribution is 6.07. The van der Waals surface area contributed by atoms with E-state index in [1.807, 2.05) is 49.4 Å². The van der Waals surface area contributed by atoms with Crippen molar-refractivity contribution >= 4 is 11.9 Å². The molecule has 0 bridgehead atoms. The van der Waals surface area contributed by atoms with Crippen LogP contribution in [0.4, 0.5) is 4.79 Å². The number of urea groups is 1. The van der Waals surface area contributed by atoms with E-state index in [-0.39, 0.29) is 23.9 Å². The molecule has 27 heavy (non-hydrogen) atoms. The van der Waals surface area contributed by atoms with Gasteiger partial charge < -0.3 is 5.32 Å². The van der Waals surface area contributed by atoms with Crippen LogP contribution in [0, 0.1) is 0 Å². The average Bonchev–Trinajstić information content (AvgIpc) is 2.88. The van der Waals surface area contributed by atoms with Crippen LogP contribution in [-0.2, 0) is 22.3 Å². The molecule has 1 aliphatic heterocycles. The number of carbonyl (C=O) groups excluding carboxylic acids is 2. The van der Waals surface area contributed by atoms with Gasteiger partial charge in [0.2, 0.25) is 0 Å². The summed E-state index contributed by atoms with van der Waals surface area (Å²) in [5.41, 5.74) is 2.14. The first kappa shape index (κ1) is 19.2. The zero-order valence-electron chi connectivity index (χ0n) is 16.6. The Kier molecular flexibility index (Phi) is 5.09. The molecule has 0 aliphatic carbocycles. The normalized spacial score (nSPS) is 20.1. The van der Waals surface area contributed by atoms with Crippen molar-refractivity contribution in [1.82, 2.24) is 10.2 Å². The van der Waals surface area contributed by atoms with Gasteiger partial charge in [-0.25, -0.2) is 4.79 Å². The lowest BCUT2D eigenvalue weighted by Gasteiger charge is -2.27. The number of amides is 3. The molecule has 1 fully saturated rings. The molecule has 3 amide bonds. The fourth-order valence-corrected chi connectivity index (χ4v) is 3.67. The van der Waals surface area contributed by atoms with Gasteiger partial charge >= 0.3 is 6.03 Å². The highest BCUT2D eigenvalue weighted by Gasteiger charge is 2.51. The predicted molar refractivity (Wildman–Crippen MR) is 107 cm³/mol. The van der Waals surface area contributed by atoms with Crippen LogP contribution in [0.3, 0.4) is 0 Å². The largest absolute Gasteiger partial charge is 0.325 e. The van der Waals surface area contributed by atoms with Gasteiger partial charge in [-0.05, 0) is 28.5 Å². The number of benzene rings is 2. The third kappa shape index (κ3) is 3.61. The minimum atomic E-state index is -0.960. The molecule has 0 saturated carbocycles. The SMILES string of the molecule is CCC[C@@]1(c2ccccc2)NC(=O)N(Cc2ccc(C(C)(C)C)cc2)C1=O. The summed E-state index contributed by atoms with van der Waals surface area (Å²) in [6, 6.07) is 17.4. The number of nitrogens with one attached hydrogen (secondary N) is 1. The molecular weight excluding hydrogens is 336 g/mol. The lowest BCUT2D eigenvalue weighted by Crippen LogP contribution is -2.43. The number of hydrogen-bond donors (Lipinski definition) is 1. The Morgan fingerprint density at radius 2 is 1.59 bits per heavy atom. The van der Waals surface area contributed by atoms with E-state index in [9.17, 15) is 9.59 Å². The highest BCUT2D eigenvalue weighted by atomic mass is 16.2. The summed E-state index contributed by atoms with van der Waals surface area (Å²) < 4.78 is 0. The molecule has 3 rings (SSSR count). The Labute approximate surface area is 161 Å². The zero-order chi connectivity index (χ0) is 19.7. The van der Waals surface area contributed by atoms with Gasteiger partial charge in [0.05, 0.1) is 6.54 Å². The van der Waals surface area contributed by atoms with E-state index in [1.165, 1.54) is 10.5 Å². The van der Waals surface area contributed by atoms with Crippen LogP contribution in [0.5, 0.6) is 0 Å². The molecule has 0 radical (unpaired) electrons. The van der Waals surface area contributed by atoms with Gasteiger partial charge in [0.15, 0.2) is 0 Å². The van der Waals surface area contributed by atoms with Crippen LogP contribution in [0.25, 0.3) is 0 Å². The molecule has 0 spiro atoms. The molecule has 0 unspecified atom stereocenters. The Hall–Kier alpha value is -2.62. The molecule has 4 nitrogen and oxygen atoms in total. The smallest absolute Gasteiger partial charge is 0.319 e. The first-order chi connectivity index (χ1) is 12.8. The van der Waals surface area contributed by atoms with Crippen LogP contribution in [-0.4, -0.2) is 16.8 Å². The third-order valence-electron chi connectivity index (χ3n) is 5.23. The van der Waals surface area contributed by atoms with Crippen molar-refractivity contribution in [1.29, 1.82) is 0 Å². The van der Waals surface area contributed by atoms with Crippen LogP contribution in [0.15, 0.2) is 54.6 Å². The summed E-state index contributed by atoms with van der Waals surface area (Å²) in [7, 11) is 0. The van der Waals surface area contributed by atoms with Gasteiger partial charge in [0, 0.05) is 0 Å². The van der Waals surface area contributed by atoms with Gasteiger partial charge in [0.25, 0.3) is 5.91 Å². The Morgan fingerprint density at radius 3 is 2.15 bits per heavy atom. The first-order valence-corrected chi connectivity index (χ1v) is 9.57. The van der Waals surface area contributed by atoms with Crippen LogP contribution in [0.1, 0.15) is 57.2 Å². The number of nitrogens with zero attached hydrogens (tertiary/aromatic N) is 1. The van der Waals surface area contributed by atoms with Crippen molar-refractivity contribution in [2.45, 2.75) is 58.0 Å². The van der Waals surface area contributed by atoms with Crippen LogP contribution in [0.2, 0.25) is 0 Å². The van der Waals surface area contributed by atoms with Crippen molar-refractivity contribution in [3.05, 3.63) is 71.3 Å². The molecule has 2 aromatic rings. The van der Waals surface area contributed by atoms with E-state index in [0.29, 0.717) is 6.42 Å². The van der Waals surface area contributed by atoms with E-state index in [4.69, 9.17) is 0 Å².